The zero-order valence-corrected chi connectivity index (χ0v) is 11.9. The van der Waals surface area contributed by atoms with E-state index in [1.807, 2.05) is 6.07 Å². The van der Waals surface area contributed by atoms with Gasteiger partial charge in [-0.25, -0.2) is 4.39 Å². The van der Waals surface area contributed by atoms with Gasteiger partial charge >= 0.3 is 0 Å². The summed E-state index contributed by atoms with van der Waals surface area (Å²) in [6, 6.07) is 7.46. The van der Waals surface area contributed by atoms with E-state index in [0.29, 0.717) is 11.7 Å². The maximum Gasteiger partial charge on any atom is 0.146 e. The van der Waals surface area contributed by atoms with Crippen LogP contribution in [0.4, 0.5) is 10.1 Å². The average Bonchev–Trinajstić information content (AvgIpc) is 2.41. The van der Waals surface area contributed by atoms with Gasteiger partial charge in [-0.15, -0.1) is 0 Å². The van der Waals surface area contributed by atoms with Crippen LogP contribution in [0, 0.1) is 5.82 Å². The lowest BCUT2D eigenvalue weighted by atomic mass is 10.2. The van der Waals surface area contributed by atoms with Crippen molar-refractivity contribution in [2.24, 2.45) is 0 Å². The summed E-state index contributed by atoms with van der Waals surface area (Å²) in [5.74, 6) is -0.174. The summed E-state index contributed by atoms with van der Waals surface area (Å²) in [5.41, 5.74) is 0.600. The molecule has 4 heteroatoms. The summed E-state index contributed by atoms with van der Waals surface area (Å²) >= 11 is 0. The van der Waals surface area contributed by atoms with Crippen LogP contribution in [0.5, 0.6) is 0 Å². The van der Waals surface area contributed by atoms with E-state index in [1.165, 1.54) is 6.07 Å². The maximum absolute atomic E-state index is 13.4. The topological polar surface area (TPSA) is 18.5 Å². The molecule has 0 radical (unpaired) electrons. The number of likely N-dealkylation sites (N-methyl/N-ethyl adjacent to an activating group) is 1. The first kappa shape index (κ1) is 14.3. The monoisotopic (exact) mass is 265 g/mol. The predicted molar refractivity (Wildman–Crippen MR) is 78.0 cm³/mol. The van der Waals surface area contributed by atoms with Crippen LogP contribution in [0.2, 0.25) is 0 Å². The number of nitrogens with one attached hydrogen (secondary N) is 1. The fourth-order valence-electron chi connectivity index (χ4n) is 2.70. The van der Waals surface area contributed by atoms with E-state index in [2.05, 4.69) is 29.0 Å². The minimum absolute atomic E-state index is 0.174. The van der Waals surface area contributed by atoms with Crippen LogP contribution in [0.15, 0.2) is 24.3 Å². The smallest absolute Gasteiger partial charge is 0.146 e. The first-order valence-corrected chi connectivity index (χ1v) is 7.15. The number of rotatable bonds is 5. The summed E-state index contributed by atoms with van der Waals surface area (Å²) in [6.45, 7) is 10.7. The van der Waals surface area contributed by atoms with Crippen LogP contribution in [0.3, 0.4) is 0 Å². The van der Waals surface area contributed by atoms with Crippen molar-refractivity contribution < 1.29 is 4.39 Å². The largest absolute Gasteiger partial charge is 0.381 e. The molecular formula is C15H24FN3. The third kappa shape index (κ3) is 3.91. The first-order chi connectivity index (χ1) is 9.20. The van der Waals surface area contributed by atoms with E-state index in [0.717, 1.165) is 39.3 Å². The number of hydrogen-bond donors (Lipinski definition) is 1. The molecule has 1 saturated heterocycles. The SMILES string of the molecule is CCN1CCN(CCNc2ccccc2F)CC1C. The molecule has 0 aliphatic carbocycles. The Kier molecular flexibility index (Phi) is 5.16. The Balaban J connectivity index is 1.74. The van der Waals surface area contributed by atoms with Gasteiger partial charge in [-0.2, -0.15) is 0 Å². The van der Waals surface area contributed by atoms with Gasteiger partial charge in [0, 0.05) is 38.8 Å². The highest BCUT2D eigenvalue weighted by Crippen LogP contribution is 2.12. The van der Waals surface area contributed by atoms with Crippen molar-refractivity contribution in [3.8, 4) is 0 Å². The molecule has 3 nitrogen and oxygen atoms in total. The second-order valence-electron chi connectivity index (χ2n) is 5.18. The summed E-state index contributed by atoms with van der Waals surface area (Å²) in [5, 5.41) is 3.17. The fourth-order valence-corrected chi connectivity index (χ4v) is 2.70. The number of piperazine rings is 1. The summed E-state index contributed by atoms with van der Waals surface area (Å²) in [6.07, 6.45) is 0. The Bertz CT molecular complexity index is 397. The molecule has 1 unspecified atom stereocenters. The molecule has 0 bridgehead atoms. The minimum Gasteiger partial charge on any atom is -0.381 e. The molecule has 1 aliphatic rings. The third-order valence-corrected chi connectivity index (χ3v) is 3.87. The fraction of sp³-hybridized carbons (Fsp3) is 0.600. The van der Waals surface area contributed by atoms with Gasteiger partial charge in [-0.3, -0.25) is 9.80 Å². The average molecular weight is 265 g/mol. The van der Waals surface area contributed by atoms with Crippen molar-refractivity contribution in [1.82, 2.24) is 9.80 Å². The molecule has 0 spiro atoms. The predicted octanol–water partition coefficient (Wildman–Crippen LogP) is 2.26. The maximum atomic E-state index is 13.4. The standard InChI is InChI=1S/C15H24FN3/c1-3-19-11-10-18(12-13(19)2)9-8-17-15-7-5-4-6-14(15)16/h4-7,13,17H,3,8-12H2,1-2H3. The van der Waals surface area contributed by atoms with Crippen molar-refractivity contribution in [1.29, 1.82) is 0 Å². The Morgan fingerprint density at radius 1 is 1.32 bits per heavy atom. The molecule has 1 heterocycles. The van der Waals surface area contributed by atoms with Gasteiger partial charge in [-0.1, -0.05) is 19.1 Å². The third-order valence-electron chi connectivity index (χ3n) is 3.87. The van der Waals surface area contributed by atoms with Gasteiger partial charge < -0.3 is 5.32 Å². The van der Waals surface area contributed by atoms with Gasteiger partial charge in [0.2, 0.25) is 0 Å². The van der Waals surface area contributed by atoms with Gasteiger partial charge in [0.05, 0.1) is 5.69 Å². The molecule has 1 N–H and O–H groups in total. The lowest BCUT2D eigenvalue weighted by molar-refractivity contribution is 0.0909. The molecule has 2 rings (SSSR count). The Labute approximate surface area is 115 Å². The normalized spacial score (nSPS) is 21.5. The molecule has 1 fully saturated rings. The molecule has 1 atom stereocenters. The second-order valence-corrected chi connectivity index (χ2v) is 5.18. The van der Waals surface area contributed by atoms with Crippen LogP contribution >= 0.6 is 0 Å². The van der Waals surface area contributed by atoms with Crippen molar-refractivity contribution in [3.63, 3.8) is 0 Å². The number of halogens is 1. The molecule has 19 heavy (non-hydrogen) atoms. The highest BCUT2D eigenvalue weighted by molar-refractivity contribution is 5.44. The minimum atomic E-state index is -0.174. The molecule has 0 saturated carbocycles. The lowest BCUT2D eigenvalue weighted by Crippen LogP contribution is -2.52. The highest BCUT2D eigenvalue weighted by Gasteiger charge is 2.21. The molecule has 1 aromatic rings. The van der Waals surface area contributed by atoms with Crippen LogP contribution in [0.25, 0.3) is 0 Å². The van der Waals surface area contributed by atoms with E-state index in [9.17, 15) is 4.39 Å². The summed E-state index contributed by atoms with van der Waals surface area (Å²) in [4.78, 5) is 4.95. The van der Waals surface area contributed by atoms with Gasteiger partial charge in [-0.05, 0) is 25.6 Å². The molecular weight excluding hydrogens is 241 g/mol. The summed E-state index contributed by atoms with van der Waals surface area (Å²) in [7, 11) is 0. The van der Waals surface area contributed by atoms with Crippen molar-refractivity contribution in [2.75, 3.05) is 44.6 Å². The Morgan fingerprint density at radius 3 is 2.79 bits per heavy atom. The van der Waals surface area contributed by atoms with E-state index in [-0.39, 0.29) is 5.82 Å². The van der Waals surface area contributed by atoms with Crippen molar-refractivity contribution in [2.45, 2.75) is 19.9 Å². The zero-order valence-electron chi connectivity index (χ0n) is 11.9. The number of benzene rings is 1. The lowest BCUT2D eigenvalue weighted by Gasteiger charge is -2.39. The van der Waals surface area contributed by atoms with Gasteiger partial charge in [0.1, 0.15) is 5.82 Å². The van der Waals surface area contributed by atoms with Crippen LogP contribution in [0.1, 0.15) is 13.8 Å². The van der Waals surface area contributed by atoms with E-state index >= 15 is 0 Å². The van der Waals surface area contributed by atoms with Crippen molar-refractivity contribution >= 4 is 5.69 Å². The van der Waals surface area contributed by atoms with E-state index < -0.39 is 0 Å². The molecule has 1 aliphatic heterocycles. The zero-order chi connectivity index (χ0) is 13.7. The molecule has 0 amide bonds. The Hall–Kier alpha value is -1.13. The van der Waals surface area contributed by atoms with Crippen LogP contribution in [-0.2, 0) is 0 Å². The van der Waals surface area contributed by atoms with Crippen LogP contribution in [-0.4, -0.2) is 55.1 Å². The number of nitrogens with zero attached hydrogens (tertiary/aromatic N) is 2. The number of para-hydroxylation sites is 1. The first-order valence-electron chi connectivity index (χ1n) is 7.15. The number of hydrogen-bond acceptors (Lipinski definition) is 3. The van der Waals surface area contributed by atoms with Gasteiger partial charge in [0.25, 0.3) is 0 Å². The van der Waals surface area contributed by atoms with Gasteiger partial charge in [0.15, 0.2) is 0 Å². The number of anilines is 1. The molecule has 1 aromatic carbocycles. The van der Waals surface area contributed by atoms with Crippen LogP contribution < -0.4 is 5.32 Å². The summed E-state index contributed by atoms with van der Waals surface area (Å²) < 4.78 is 13.4. The van der Waals surface area contributed by atoms with E-state index in [4.69, 9.17) is 0 Å². The van der Waals surface area contributed by atoms with Crippen molar-refractivity contribution in [3.05, 3.63) is 30.1 Å². The molecule has 106 valence electrons. The molecule has 0 aromatic heterocycles. The highest BCUT2D eigenvalue weighted by atomic mass is 19.1. The Morgan fingerprint density at radius 2 is 2.11 bits per heavy atom. The van der Waals surface area contributed by atoms with E-state index in [1.54, 1.807) is 12.1 Å². The second kappa shape index (κ2) is 6.87. The quantitative estimate of drug-likeness (QED) is 0.881.